The average molecular weight is 308 g/mol. The van der Waals surface area contributed by atoms with Crippen molar-refractivity contribution in [1.29, 1.82) is 0 Å². The van der Waals surface area contributed by atoms with Gasteiger partial charge in [-0.1, -0.05) is 69.3 Å². The van der Waals surface area contributed by atoms with Crippen molar-refractivity contribution in [2.45, 2.75) is 45.1 Å². The number of carbonyl (C=O) groups is 1. The van der Waals surface area contributed by atoms with Crippen molar-refractivity contribution in [3.8, 4) is 0 Å². The Morgan fingerprint density at radius 3 is 2.57 bits per heavy atom. The van der Waals surface area contributed by atoms with Crippen LogP contribution in [0.3, 0.4) is 0 Å². The first-order valence-electron chi connectivity index (χ1n) is 8.28. The monoisotopic (exact) mass is 308 g/mol. The number of fused-ring (bicyclic) bond motifs is 1. The summed E-state index contributed by atoms with van der Waals surface area (Å²) in [5, 5.41) is 0. The number of carbonyl (C=O) groups excluding carboxylic acids is 1. The van der Waals surface area contributed by atoms with Gasteiger partial charge in [0.05, 0.1) is 12.7 Å². The minimum absolute atomic E-state index is 0.0977. The van der Waals surface area contributed by atoms with Gasteiger partial charge in [0.15, 0.2) is 5.78 Å². The number of ketones is 1. The van der Waals surface area contributed by atoms with Gasteiger partial charge >= 0.3 is 0 Å². The minimum atomic E-state index is -0.131. The number of benzene rings is 2. The Kier molecular flexibility index (Phi) is 4.36. The molecule has 0 saturated carbocycles. The molecule has 1 atom stereocenters. The van der Waals surface area contributed by atoms with Gasteiger partial charge < -0.3 is 4.74 Å². The lowest BCUT2D eigenvalue weighted by molar-refractivity contribution is 0.0351. The summed E-state index contributed by atoms with van der Waals surface area (Å²) >= 11 is 0. The van der Waals surface area contributed by atoms with E-state index in [-0.39, 0.29) is 17.3 Å². The second-order valence-electron chi connectivity index (χ2n) is 7.27. The van der Waals surface area contributed by atoms with E-state index in [4.69, 9.17) is 4.74 Å². The molecule has 1 unspecified atom stereocenters. The Hall–Kier alpha value is -1.93. The highest BCUT2D eigenvalue weighted by Gasteiger charge is 2.26. The maximum atomic E-state index is 12.5. The molecule has 0 aliphatic carbocycles. The van der Waals surface area contributed by atoms with E-state index in [1.165, 1.54) is 16.7 Å². The molecule has 23 heavy (non-hydrogen) atoms. The summed E-state index contributed by atoms with van der Waals surface area (Å²) in [5.41, 5.74) is 4.65. The number of rotatable bonds is 3. The van der Waals surface area contributed by atoms with Gasteiger partial charge in [-0.25, -0.2) is 0 Å². The van der Waals surface area contributed by atoms with E-state index < -0.39 is 0 Å². The lowest BCUT2D eigenvalue weighted by Crippen LogP contribution is -2.21. The smallest absolute Gasteiger partial charge is 0.165 e. The zero-order valence-electron chi connectivity index (χ0n) is 14.1. The van der Waals surface area contributed by atoms with Crippen LogP contribution < -0.4 is 0 Å². The normalized spacial score (nSPS) is 17.6. The van der Waals surface area contributed by atoms with Gasteiger partial charge in [0.2, 0.25) is 0 Å². The van der Waals surface area contributed by atoms with Crippen molar-refractivity contribution in [2.75, 3.05) is 6.61 Å². The topological polar surface area (TPSA) is 26.3 Å². The fourth-order valence-corrected chi connectivity index (χ4v) is 3.07. The largest absolute Gasteiger partial charge is 0.373 e. The van der Waals surface area contributed by atoms with Crippen molar-refractivity contribution in [2.24, 2.45) is 0 Å². The summed E-state index contributed by atoms with van der Waals surface area (Å²) in [6, 6.07) is 16.1. The van der Waals surface area contributed by atoms with Gasteiger partial charge in [0.1, 0.15) is 0 Å². The lowest BCUT2D eigenvalue weighted by Gasteiger charge is -2.28. The second-order valence-corrected chi connectivity index (χ2v) is 7.27. The van der Waals surface area contributed by atoms with Gasteiger partial charge in [-0.15, -0.1) is 0 Å². The van der Waals surface area contributed by atoms with E-state index in [9.17, 15) is 4.79 Å². The van der Waals surface area contributed by atoms with Gasteiger partial charge in [-0.2, -0.15) is 0 Å². The third kappa shape index (κ3) is 3.53. The van der Waals surface area contributed by atoms with E-state index in [0.29, 0.717) is 13.0 Å². The Morgan fingerprint density at radius 1 is 1.13 bits per heavy atom. The fraction of sp³-hybridized carbons (Fsp3) is 0.381. The van der Waals surface area contributed by atoms with Gasteiger partial charge in [0.25, 0.3) is 0 Å². The van der Waals surface area contributed by atoms with Crippen LogP contribution >= 0.6 is 0 Å². The van der Waals surface area contributed by atoms with Crippen LogP contribution in [0.15, 0.2) is 48.5 Å². The number of hydrogen-bond acceptors (Lipinski definition) is 2. The molecule has 0 N–H and O–H groups in total. The van der Waals surface area contributed by atoms with E-state index >= 15 is 0 Å². The van der Waals surface area contributed by atoms with E-state index in [0.717, 1.165) is 12.0 Å². The third-order valence-electron chi connectivity index (χ3n) is 4.52. The summed E-state index contributed by atoms with van der Waals surface area (Å²) in [6.45, 7) is 7.32. The van der Waals surface area contributed by atoms with Gasteiger partial charge in [-0.05, 0) is 28.5 Å². The zero-order valence-corrected chi connectivity index (χ0v) is 14.1. The third-order valence-corrected chi connectivity index (χ3v) is 4.52. The molecule has 1 heterocycles. The number of ether oxygens (including phenoxy) is 1. The fourth-order valence-electron chi connectivity index (χ4n) is 3.07. The molecule has 2 aromatic rings. The lowest BCUT2D eigenvalue weighted by atomic mass is 9.83. The Morgan fingerprint density at radius 2 is 1.87 bits per heavy atom. The molecular formula is C21H24O2. The maximum Gasteiger partial charge on any atom is 0.165 e. The van der Waals surface area contributed by atoms with Crippen LogP contribution in [0.25, 0.3) is 0 Å². The molecule has 2 aromatic carbocycles. The molecule has 0 fully saturated rings. The molecule has 0 spiro atoms. The Labute approximate surface area is 138 Å². The molecule has 3 rings (SSSR count). The van der Waals surface area contributed by atoms with Crippen LogP contribution in [0.1, 0.15) is 60.3 Å². The molecule has 0 amide bonds. The molecule has 0 bridgehead atoms. The molecule has 1 aliphatic heterocycles. The summed E-state index contributed by atoms with van der Waals surface area (Å²) < 4.78 is 5.94. The first-order valence-corrected chi connectivity index (χ1v) is 8.28. The highest BCUT2D eigenvalue weighted by molar-refractivity contribution is 5.96. The highest BCUT2D eigenvalue weighted by Crippen LogP contribution is 2.34. The van der Waals surface area contributed by atoms with E-state index in [1.54, 1.807) is 0 Å². The van der Waals surface area contributed by atoms with Crippen LogP contribution in [0, 0.1) is 0 Å². The van der Waals surface area contributed by atoms with Crippen LogP contribution in [-0.4, -0.2) is 12.4 Å². The Bertz CT molecular complexity index is 696. The van der Waals surface area contributed by atoms with Crippen LogP contribution in [0.4, 0.5) is 0 Å². The van der Waals surface area contributed by atoms with Gasteiger partial charge in [-0.3, -0.25) is 4.79 Å². The SMILES string of the molecule is CC(C)(C)c1ccc2c(c1)C(CC(=O)c1ccccc1)OCC2. The molecule has 2 nitrogen and oxygen atoms in total. The van der Waals surface area contributed by atoms with Crippen molar-refractivity contribution in [3.63, 3.8) is 0 Å². The average Bonchev–Trinajstić information content (AvgIpc) is 2.54. The molecule has 0 radical (unpaired) electrons. The second kappa shape index (κ2) is 6.29. The van der Waals surface area contributed by atoms with Crippen LogP contribution in [0.5, 0.6) is 0 Å². The molecule has 120 valence electrons. The highest BCUT2D eigenvalue weighted by atomic mass is 16.5. The Balaban J connectivity index is 1.87. The predicted molar refractivity (Wildman–Crippen MR) is 92.9 cm³/mol. The summed E-state index contributed by atoms with van der Waals surface area (Å²) in [6.07, 6.45) is 1.20. The van der Waals surface area contributed by atoms with Crippen LogP contribution in [0.2, 0.25) is 0 Å². The first kappa shape index (κ1) is 15.9. The zero-order chi connectivity index (χ0) is 16.4. The van der Waals surface area contributed by atoms with Crippen molar-refractivity contribution in [1.82, 2.24) is 0 Å². The van der Waals surface area contributed by atoms with Crippen molar-refractivity contribution < 1.29 is 9.53 Å². The maximum absolute atomic E-state index is 12.5. The first-order chi connectivity index (χ1) is 10.9. The van der Waals surface area contributed by atoms with Crippen molar-refractivity contribution in [3.05, 3.63) is 70.8 Å². The summed E-state index contributed by atoms with van der Waals surface area (Å²) in [7, 11) is 0. The quantitative estimate of drug-likeness (QED) is 0.756. The van der Waals surface area contributed by atoms with E-state index in [1.807, 2.05) is 30.3 Å². The number of hydrogen-bond donors (Lipinski definition) is 0. The molecule has 0 saturated heterocycles. The molecule has 0 aromatic heterocycles. The van der Waals surface area contributed by atoms with Crippen LogP contribution in [-0.2, 0) is 16.6 Å². The van der Waals surface area contributed by atoms with Crippen molar-refractivity contribution >= 4 is 5.78 Å². The summed E-state index contributed by atoms with van der Waals surface area (Å²) in [4.78, 5) is 12.5. The van der Waals surface area contributed by atoms with Gasteiger partial charge in [0, 0.05) is 12.0 Å². The predicted octanol–water partition coefficient (Wildman–Crippen LogP) is 4.87. The standard InChI is InChI=1S/C21H24O2/c1-21(2,3)17-10-9-15-11-12-23-20(18(15)13-17)14-19(22)16-7-5-4-6-8-16/h4-10,13,20H,11-12,14H2,1-3H3. The molecule has 1 aliphatic rings. The number of Topliss-reactive ketones (excluding diaryl/α,β-unsaturated/α-hetero) is 1. The molecule has 2 heteroatoms. The minimum Gasteiger partial charge on any atom is -0.373 e. The molecular weight excluding hydrogens is 284 g/mol. The summed E-state index contributed by atoms with van der Waals surface area (Å²) in [5.74, 6) is 0.143. The van der Waals surface area contributed by atoms with E-state index in [2.05, 4.69) is 39.0 Å².